The van der Waals surface area contributed by atoms with Crippen LogP contribution in [0, 0.1) is 0 Å². The predicted octanol–water partition coefficient (Wildman–Crippen LogP) is 1.55. The molecule has 0 fully saturated rings. The van der Waals surface area contributed by atoms with E-state index in [4.69, 9.17) is 5.11 Å². The Kier molecular flexibility index (Phi) is 4.61. The Morgan fingerprint density at radius 1 is 1.35 bits per heavy atom. The van der Waals surface area contributed by atoms with Gasteiger partial charge in [-0.1, -0.05) is 12.1 Å². The average Bonchev–Trinajstić information content (AvgIpc) is 2.77. The molecule has 20 heavy (non-hydrogen) atoms. The van der Waals surface area contributed by atoms with Crippen molar-refractivity contribution in [3.63, 3.8) is 0 Å². The molecule has 0 aliphatic carbocycles. The van der Waals surface area contributed by atoms with Crippen LogP contribution in [0.5, 0.6) is 0 Å². The molecule has 1 heterocycles. The van der Waals surface area contributed by atoms with Crippen LogP contribution in [0.25, 0.3) is 0 Å². The third kappa shape index (κ3) is 3.73. The summed E-state index contributed by atoms with van der Waals surface area (Å²) in [5.74, 6) is -0.954. The number of aliphatic carboxylic acids is 1. The summed E-state index contributed by atoms with van der Waals surface area (Å²) in [5, 5.41) is 11.3. The van der Waals surface area contributed by atoms with E-state index >= 15 is 0 Å². The van der Waals surface area contributed by atoms with E-state index in [9.17, 15) is 9.59 Å². The van der Waals surface area contributed by atoms with Crippen molar-refractivity contribution in [1.82, 2.24) is 5.32 Å². The minimum Gasteiger partial charge on any atom is -0.481 e. The lowest BCUT2D eigenvalue weighted by Gasteiger charge is -2.12. The summed E-state index contributed by atoms with van der Waals surface area (Å²) in [6.07, 6.45) is 1.74. The fourth-order valence-corrected chi connectivity index (χ4v) is 2.42. The zero-order chi connectivity index (χ0) is 14.5. The summed E-state index contributed by atoms with van der Waals surface area (Å²) in [7, 11) is 2.08. The number of rotatable bonds is 6. The van der Waals surface area contributed by atoms with E-state index in [1.165, 1.54) is 11.3 Å². The predicted molar refractivity (Wildman–Crippen MR) is 76.7 cm³/mol. The van der Waals surface area contributed by atoms with Gasteiger partial charge in [-0.2, -0.15) is 0 Å². The lowest BCUT2D eigenvalue weighted by atomic mass is 10.1. The molecule has 2 rings (SSSR count). The fourth-order valence-electron chi connectivity index (χ4n) is 2.42. The summed E-state index contributed by atoms with van der Waals surface area (Å²) in [5.41, 5.74) is 3.68. The summed E-state index contributed by atoms with van der Waals surface area (Å²) in [6, 6.07) is 6.25. The van der Waals surface area contributed by atoms with Gasteiger partial charge < -0.3 is 15.3 Å². The number of carbonyl (C=O) groups excluding carboxylic acids is 1. The van der Waals surface area contributed by atoms with Crippen molar-refractivity contribution in [2.75, 3.05) is 18.5 Å². The van der Waals surface area contributed by atoms with Gasteiger partial charge in [0.2, 0.25) is 5.91 Å². The van der Waals surface area contributed by atoms with Crippen LogP contribution < -0.4 is 10.2 Å². The number of benzene rings is 1. The molecule has 1 amide bonds. The maximum atomic E-state index is 11.6. The highest BCUT2D eigenvalue weighted by Crippen LogP contribution is 2.27. The van der Waals surface area contributed by atoms with E-state index in [0.29, 0.717) is 13.0 Å². The molecule has 0 atom stereocenters. The number of fused-ring (bicyclic) bond motifs is 1. The standard InChI is InChI=1S/C15H20N2O3/c1-17-8-7-12-9-11(5-6-13(12)17)10-16-14(18)3-2-4-15(19)20/h5-6,9H,2-4,7-8,10H2,1H3,(H,16,18)(H,19,20). The molecule has 1 aliphatic rings. The van der Waals surface area contributed by atoms with Crippen LogP contribution >= 0.6 is 0 Å². The number of amides is 1. The summed E-state index contributed by atoms with van der Waals surface area (Å²) < 4.78 is 0. The van der Waals surface area contributed by atoms with Gasteiger partial charge in [-0.3, -0.25) is 9.59 Å². The first-order valence-corrected chi connectivity index (χ1v) is 6.87. The second-order valence-electron chi connectivity index (χ2n) is 5.16. The van der Waals surface area contributed by atoms with E-state index < -0.39 is 5.97 Å². The Hall–Kier alpha value is -2.04. The molecule has 0 radical (unpaired) electrons. The van der Waals surface area contributed by atoms with Crippen LogP contribution in [0.2, 0.25) is 0 Å². The van der Waals surface area contributed by atoms with Crippen LogP contribution in [0.1, 0.15) is 30.4 Å². The molecule has 2 N–H and O–H groups in total. The zero-order valence-corrected chi connectivity index (χ0v) is 11.7. The maximum Gasteiger partial charge on any atom is 0.303 e. The van der Waals surface area contributed by atoms with E-state index in [1.54, 1.807) is 0 Å². The third-order valence-electron chi connectivity index (χ3n) is 3.56. The van der Waals surface area contributed by atoms with Crippen LogP contribution in [0.3, 0.4) is 0 Å². The average molecular weight is 276 g/mol. The molecule has 0 bridgehead atoms. The lowest BCUT2D eigenvalue weighted by Crippen LogP contribution is -2.22. The number of anilines is 1. The molecule has 0 saturated heterocycles. The van der Waals surface area contributed by atoms with Crippen LogP contribution in [0.4, 0.5) is 5.69 Å². The number of carboxylic acid groups (broad SMARTS) is 1. The van der Waals surface area contributed by atoms with E-state index in [0.717, 1.165) is 18.5 Å². The van der Waals surface area contributed by atoms with Crippen molar-refractivity contribution in [2.45, 2.75) is 32.2 Å². The summed E-state index contributed by atoms with van der Waals surface area (Å²) >= 11 is 0. The number of hydrogen-bond acceptors (Lipinski definition) is 3. The van der Waals surface area contributed by atoms with Gasteiger partial charge >= 0.3 is 5.97 Å². The summed E-state index contributed by atoms with van der Waals surface area (Å²) in [4.78, 5) is 24.2. The number of carbonyl (C=O) groups is 2. The largest absolute Gasteiger partial charge is 0.481 e. The van der Waals surface area contributed by atoms with E-state index in [2.05, 4.69) is 29.4 Å². The van der Waals surface area contributed by atoms with Gasteiger partial charge in [0.15, 0.2) is 0 Å². The highest BCUT2D eigenvalue weighted by atomic mass is 16.4. The quantitative estimate of drug-likeness (QED) is 0.827. The Morgan fingerprint density at radius 2 is 2.15 bits per heavy atom. The Morgan fingerprint density at radius 3 is 2.90 bits per heavy atom. The number of nitrogens with zero attached hydrogens (tertiary/aromatic N) is 1. The van der Waals surface area contributed by atoms with Gasteiger partial charge in [0.1, 0.15) is 0 Å². The number of nitrogens with one attached hydrogen (secondary N) is 1. The Bertz CT molecular complexity index is 514. The van der Waals surface area contributed by atoms with Crippen LogP contribution in [0.15, 0.2) is 18.2 Å². The van der Waals surface area contributed by atoms with Crippen molar-refractivity contribution >= 4 is 17.6 Å². The monoisotopic (exact) mass is 276 g/mol. The molecule has 0 spiro atoms. The number of likely N-dealkylation sites (N-methyl/N-ethyl adjacent to an activating group) is 1. The van der Waals surface area contributed by atoms with Crippen molar-refractivity contribution < 1.29 is 14.7 Å². The second-order valence-corrected chi connectivity index (χ2v) is 5.16. The minimum absolute atomic E-state index is 0.0403. The van der Waals surface area contributed by atoms with Crippen LogP contribution in [-0.4, -0.2) is 30.6 Å². The van der Waals surface area contributed by atoms with Crippen molar-refractivity contribution in [2.24, 2.45) is 0 Å². The van der Waals surface area contributed by atoms with Gasteiger partial charge in [0.25, 0.3) is 0 Å². The Balaban J connectivity index is 1.80. The molecule has 5 nitrogen and oxygen atoms in total. The SMILES string of the molecule is CN1CCc2cc(CNC(=O)CCCC(=O)O)ccc21. The van der Waals surface area contributed by atoms with Gasteiger partial charge in [-0.05, 0) is 30.0 Å². The van der Waals surface area contributed by atoms with E-state index in [1.807, 2.05) is 6.07 Å². The Labute approximate surface area is 118 Å². The smallest absolute Gasteiger partial charge is 0.303 e. The molecular formula is C15H20N2O3. The van der Waals surface area contributed by atoms with Gasteiger partial charge in [-0.15, -0.1) is 0 Å². The minimum atomic E-state index is -0.861. The molecule has 1 aromatic rings. The van der Waals surface area contributed by atoms with Gasteiger partial charge in [-0.25, -0.2) is 0 Å². The van der Waals surface area contributed by atoms with Crippen molar-refractivity contribution in [1.29, 1.82) is 0 Å². The van der Waals surface area contributed by atoms with Crippen molar-refractivity contribution in [3.8, 4) is 0 Å². The molecule has 0 unspecified atom stereocenters. The normalized spacial score (nSPS) is 13.2. The number of hydrogen-bond donors (Lipinski definition) is 2. The van der Waals surface area contributed by atoms with Crippen LogP contribution in [-0.2, 0) is 22.6 Å². The highest BCUT2D eigenvalue weighted by molar-refractivity contribution is 5.76. The van der Waals surface area contributed by atoms with E-state index in [-0.39, 0.29) is 18.7 Å². The number of carboxylic acids is 1. The first kappa shape index (κ1) is 14.4. The summed E-state index contributed by atoms with van der Waals surface area (Å²) in [6.45, 7) is 1.54. The highest BCUT2D eigenvalue weighted by Gasteiger charge is 2.15. The fraction of sp³-hybridized carbons (Fsp3) is 0.467. The molecular weight excluding hydrogens is 256 g/mol. The maximum absolute atomic E-state index is 11.6. The molecule has 0 aromatic heterocycles. The van der Waals surface area contributed by atoms with Gasteiger partial charge in [0.05, 0.1) is 0 Å². The van der Waals surface area contributed by atoms with Crippen molar-refractivity contribution in [3.05, 3.63) is 29.3 Å². The second kappa shape index (κ2) is 6.41. The topological polar surface area (TPSA) is 69.6 Å². The molecule has 0 saturated carbocycles. The first-order valence-electron chi connectivity index (χ1n) is 6.87. The van der Waals surface area contributed by atoms with Gasteiger partial charge in [0, 0.05) is 38.7 Å². The lowest BCUT2D eigenvalue weighted by molar-refractivity contribution is -0.137. The molecule has 1 aliphatic heterocycles. The molecule has 1 aromatic carbocycles. The third-order valence-corrected chi connectivity index (χ3v) is 3.56. The molecule has 5 heteroatoms. The molecule has 108 valence electrons. The zero-order valence-electron chi connectivity index (χ0n) is 11.7. The first-order chi connectivity index (χ1) is 9.56.